The second-order valence-electron chi connectivity index (χ2n) is 9.33. The third kappa shape index (κ3) is 10.5. The molecule has 1 aliphatic heterocycles. The number of benzene rings is 2. The number of phenolic OH excluding ortho intramolecular Hbond substituents is 1. The number of nitrogens with zero attached hydrogens (tertiary/aromatic N) is 1. The molecule has 0 amide bonds. The van der Waals surface area contributed by atoms with Crippen LogP contribution in [0.2, 0.25) is 0 Å². The summed E-state index contributed by atoms with van der Waals surface area (Å²) in [5.41, 5.74) is 12.9. The summed E-state index contributed by atoms with van der Waals surface area (Å²) in [6, 6.07) is 17.7. The number of aliphatic hydroxyl groups excluding tert-OH is 1. The van der Waals surface area contributed by atoms with Gasteiger partial charge in [-0.2, -0.15) is 0 Å². The van der Waals surface area contributed by atoms with Gasteiger partial charge < -0.3 is 27.0 Å². The van der Waals surface area contributed by atoms with Gasteiger partial charge in [0.05, 0.1) is 6.10 Å². The first kappa shape index (κ1) is 28.3. The normalized spacial score (nSPS) is 16.5. The average Bonchev–Trinajstić information content (AvgIpc) is 2.87. The molecule has 7 N–H and O–H groups in total. The molecule has 0 saturated carbocycles. The van der Waals surface area contributed by atoms with Gasteiger partial charge in [0, 0.05) is 6.04 Å². The molecule has 1 fully saturated rings. The third-order valence-electron chi connectivity index (χ3n) is 6.65. The number of nitrogens with two attached hydrogens (primary N) is 2. The van der Waals surface area contributed by atoms with Gasteiger partial charge in [-0.25, -0.2) is 0 Å². The van der Waals surface area contributed by atoms with Crippen LogP contribution in [0.4, 0.5) is 0 Å². The largest absolute Gasteiger partial charge is 0.508 e. The van der Waals surface area contributed by atoms with Gasteiger partial charge in [-0.15, -0.1) is 0 Å². The van der Waals surface area contributed by atoms with Crippen LogP contribution in [0, 0.1) is 5.92 Å². The minimum Gasteiger partial charge on any atom is -0.508 e. The Morgan fingerprint density at radius 3 is 2.15 bits per heavy atom. The molecule has 2 unspecified atom stereocenters. The lowest BCUT2D eigenvalue weighted by molar-refractivity contribution is 0.0373. The number of piperidine rings is 1. The summed E-state index contributed by atoms with van der Waals surface area (Å²) in [6.45, 7) is 7.87. The first-order chi connectivity index (χ1) is 16.5. The zero-order valence-electron chi connectivity index (χ0n) is 20.9. The lowest BCUT2D eigenvalue weighted by Gasteiger charge is -2.38. The molecule has 6 nitrogen and oxygen atoms in total. The summed E-state index contributed by atoms with van der Waals surface area (Å²) in [6.07, 6.45) is 6.38. The number of hydrogen-bond donors (Lipinski definition) is 5. The van der Waals surface area contributed by atoms with Crippen LogP contribution in [-0.4, -0.2) is 60.4 Å². The first-order valence-electron chi connectivity index (χ1n) is 12.9. The van der Waals surface area contributed by atoms with Crippen molar-refractivity contribution in [3.63, 3.8) is 0 Å². The molecule has 0 bridgehead atoms. The molecule has 190 valence electrons. The zero-order chi connectivity index (χ0) is 24.6. The molecule has 0 aliphatic carbocycles. The lowest BCUT2D eigenvalue weighted by Crippen LogP contribution is -2.43. The topological polar surface area (TPSA) is 108 Å². The van der Waals surface area contributed by atoms with E-state index in [0.717, 1.165) is 70.0 Å². The minimum atomic E-state index is -0.517. The number of hydrogen-bond acceptors (Lipinski definition) is 6. The molecule has 2 atom stereocenters. The maximum Gasteiger partial charge on any atom is 0.115 e. The highest BCUT2D eigenvalue weighted by Crippen LogP contribution is 2.28. The van der Waals surface area contributed by atoms with Gasteiger partial charge in [0.1, 0.15) is 5.75 Å². The van der Waals surface area contributed by atoms with Gasteiger partial charge in [0.25, 0.3) is 0 Å². The Kier molecular flexibility index (Phi) is 13.8. The molecule has 1 heterocycles. The van der Waals surface area contributed by atoms with Crippen LogP contribution in [0.5, 0.6) is 5.75 Å². The van der Waals surface area contributed by atoms with E-state index in [4.69, 9.17) is 11.5 Å². The van der Waals surface area contributed by atoms with E-state index < -0.39 is 6.10 Å². The quantitative estimate of drug-likeness (QED) is 0.304. The van der Waals surface area contributed by atoms with Crippen LogP contribution in [0.25, 0.3) is 0 Å². The van der Waals surface area contributed by atoms with Crippen LogP contribution < -0.4 is 16.8 Å². The Balaban J connectivity index is 0.000000347. The molecule has 0 radical (unpaired) electrons. The summed E-state index contributed by atoms with van der Waals surface area (Å²) in [5, 5.41) is 23.3. The van der Waals surface area contributed by atoms with Crippen molar-refractivity contribution in [2.24, 2.45) is 17.4 Å². The van der Waals surface area contributed by atoms with Crippen LogP contribution in [-0.2, 0) is 6.42 Å². The predicted molar refractivity (Wildman–Crippen MR) is 142 cm³/mol. The Labute approximate surface area is 206 Å². The van der Waals surface area contributed by atoms with Crippen LogP contribution in [0.3, 0.4) is 0 Å². The van der Waals surface area contributed by atoms with Gasteiger partial charge >= 0.3 is 0 Å². The number of unbranched alkanes of at least 4 members (excludes halogenated alkanes) is 1. The number of aliphatic hydroxyl groups is 1. The smallest absolute Gasteiger partial charge is 0.115 e. The highest BCUT2D eigenvalue weighted by atomic mass is 16.3. The van der Waals surface area contributed by atoms with Gasteiger partial charge in [0.2, 0.25) is 0 Å². The lowest BCUT2D eigenvalue weighted by atomic mass is 9.89. The summed E-state index contributed by atoms with van der Waals surface area (Å²) in [4.78, 5) is 2.39. The third-order valence-corrected chi connectivity index (χ3v) is 6.65. The Bertz CT molecular complexity index is 741. The van der Waals surface area contributed by atoms with Crippen molar-refractivity contribution in [1.29, 1.82) is 0 Å². The first-order valence-corrected chi connectivity index (χ1v) is 12.9. The standard InChI is InChI=1S/C21H27NO2.C7H19N3/c1-16(21(24)19-7-9-20(23)10-8-19)22-13-11-18(12-14-22)15-17-5-3-2-4-6-17;8-4-1-2-6-10-7-3-5-9/h2-10,16,18,21,23-24H,11-15H2,1H3;10H,1-9H2. The van der Waals surface area contributed by atoms with Gasteiger partial charge in [-0.1, -0.05) is 42.5 Å². The molecule has 34 heavy (non-hydrogen) atoms. The van der Waals surface area contributed by atoms with E-state index in [1.807, 2.05) is 0 Å². The number of rotatable bonds is 12. The molecule has 6 heteroatoms. The van der Waals surface area contributed by atoms with Crippen molar-refractivity contribution in [2.75, 3.05) is 39.3 Å². The molecule has 0 spiro atoms. The Morgan fingerprint density at radius 2 is 1.53 bits per heavy atom. The van der Waals surface area contributed by atoms with E-state index in [9.17, 15) is 10.2 Å². The van der Waals surface area contributed by atoms with E-state index in [-0.39, 0.29) is 11.8 Å². The molecular weight excluding hydrogens is 424 g/mol. The van der Waals surface area contributed by atoms with Crippen molar-refractivity contribution in [3.8, 4) is 5.75 Å². The maximum absolute atomic E-state index is 10.6. The molecule has 2 aromatic carbocycles. The van der Waals surface area contributed by atoms with E-state index in [2.05, 4.69) is 47.5 Å². The fourth-order valence-electron chi connectivity index (χ4n) is 4.41. The van der Waals surface area contributed by atoms with Crippen molar-refractivity contribution >= 4 is 0 Å². The van der Waals surface area contributed by atoms with E-state index in [1.54, 1.807) is 24.3 Å². The second-order valence-corrected chi connectivity index (χ2v) is 9.33. The highest BCUT2D eigenvalue weighted by molar-refractivity contribution is 5.28. The highest BCUT2D eigenvalue weighted by Gasteiger charge is 2.27. The second kappa shape index (κ2) is 16.6. The summed E-state index contributed by atoms with van der Waals surface area (Å²) in [5.74, 6) is 0.974. The maximum atomic E-state index is 10.6. The number of nitrogens with one attached hydrogen (secondary N) is 1. The van der Waals surface area contributed by atoms with Crippen LogP contribution >= 0.6 is 0 Å². The summed E-state index contributed by atoms with van der Waals surface area (Å²) in [7, 11) is 0. The van der Waals surface area contributed by atoms with E-state index >= 15 is 0 Å². The predicted octanol–water partition coefficient (Wildman–Crippen LogP) is 3.43. The zero-order valence-corrected chi connectivity index (χ0v) is 20.9. The molecule has 2 aromatic rings. The van der Waals surface area contributed by atoms with Crippen LogP contribution in [0.15, 0.2) is 54.6 Å². The number of aromatic hydroxyl groups is 1. The fourth-order valence-corrected chi connectivity index (χ4v) is 4.41. The van der Waals surface area contributed by atoms with Gasteiger partial charge in [0.15, 0.2) is 0 Å². The van der Waals surface area contributed by atoms with Gasteiger partial charge in [-0.05, 0) is 114 Å². The molecule has 1 aliphatic rings. The fraction of sp³-hybridized carbons (Fsp3) is 0.571. The van der Waals surface area contributed by atoms with Crippen LogP contribution in [0.1, 0.15) is 56.3 Å². The van der Waals surface area contributed by atoms with E-state index in [1.165, 1.54) is 24.8 Å². The number of phenols is 1. The summed E-state index contributed by atoms with van der Waals surface area (Å²) < 4.78 is 0. The number of likely N-dealkylation sites (tertiary alicyclic amines) is 1. The molecule has 1 saturated heterocycles. The average molecular weight is 471 g/mol. The van der Waals surface area contributed by atoms with Crippen molar-refractivity contribution in [3.05, 3.63) is 65.7 Å². The SMILES string of the molecule is CC(C(O)c1ccc(O)cc1)N1CCC(Cc2ccccc2)CC1.NCCCCNCCCN. The summed E-state index contributed by atoms with van der Waals surface area (Å²) >= 11 is 0. The van der Waals surface area contributed by atoms with Crippen molar-refractivity contribution < 1.29 is 10.2 Å². The van der Waals surface area contributed by atoms with Crippen molar-refractivity contribution in [2.45, 2.75) is 57.6 Å². The molecular formula is C28H46N4O2. The molecule has 0 aromatic heterocycles. The van der Waals surface area contributed by atoms with E-state index in [0.29, 0.717) is 0 Å². The van der Waals surface area contributed by atoms with Gasteiger partial charge in [-0.3, -0.25) is 4.90 Å². The molecule has 3 rings (SSSR count). The van der Waals surface area contributed by atoms with Crippen molar-refractivity contribution in [1.82, 2.24) is 10.2 Å². The minimum absolute atomic E-state index is 0.0900. The Hall–Kier alpha value is -1.96. The monoisotopic (exact) mass is 470 g/mol. The Morgan fingerprint density at radius 1 is 0.912 bits per heavy atom.